The summed E-state index contributed by atoms with van der Waals surface area (Å²) in [5.74, 6) is 0. The minimum Gasteiger partial charge on any atom is -0.322 e. The quantitative estimate of drug-likeness (QED) is 0.934. The number of benzene rings is 1. The zero-order chi connectivity index (χ0) is 14.7. The van der Waals surface area contributed by atoms with Gasteiger partial charge in [0.25, 0.3) is 0 Å². The van der Waals surface area contributed by atoms with Gasteiger partial charge in [-0.2, -0.15) is 5.10 Å². The molecule has 5 heteroatoms. The van der Waals surface area contributed by atoms with Crippen LogP contribution in [0.3, 0.4) is 0 Å². The predicted octanol–water partition coefficient (Wildman–Crippen LogP) is 2.70. The van der Waals surface area contributed by atoms with Crippen molar-refractivity contribution in [1.29, 1.82) is 0 Å². The van der Waals surface area contributed by atoms with Crippen molar-refractivity contribution < 1.29 is 4.79 Å². The molecule has 0 saturated carbocycles. The summed E-state index contributed by atoms with van der Waals surface area (Å²) in [6, 6.07) is 7.79. The first kappa shape index (κ1) is 14.1. The van der Waals surface area contributed by atoms with Gasteiger partial charge in [-0.25, -0.2) is 4.79 Å². The van der Waals surface area contributed by atoms with Crippen molar-refractivity contribution >= 4 is 11.7 Å². The molecule has 1 aromatic carbocycles. The number of rotatable bonds is 3. The molecule has 106 valence electrons. The molecule has 0 fully saturated rings. The van der Waals surface area contributed by atoms with Crippen molar-refractivity contribution in [2.45, 2.75) is 20.4 Å². The first-order valence-corrected chi connectivity index (χ1v) is 6.53. The van der Waals surface area contributed by atoms with Gasteiger partial charge in [0.1, 0.15) is 0 Å². The fourth-order valence-corrected chi connectivity index (χ4v) is 1.95. The molecule has 0 radical (unpaired) electrons. The largest absolute Gasteiger partial charge is 0.322 e. The summed E-state index contributed by atoms with van der Waals surface area (Å²) in [6.07, 6.45) is 1.73. The van der Waals surface area contributed by atoms with Crippen LogP contribution in [0.1, 0.15) is 16.8 Å². The van der Waals surface area contributed by atoms with Gasteiger partial charge in [-0.15, -0.1) is 0 Å². The fraction of sp³-hybridized carbons (Fsp3) is 0.333. The van der Waals surface area contributed by atoms with Gasteiger partial charge in [0.2, 0.25) is 0 Å². The predicted molar refractivity (Wildman–Crippen MR) is 79.6 cm³/mol. The number of amides is 2. The Morgan fingerprint density at radius 2 is 2.10 bits per heavy atom. The van der Waals surface area contributed by atoms with Gasteiger partial charge in [-0.1, -0.05) is 12.1 Å². The van der Waals surface area contributed by atoms with Gasteiger partial charge < -0.3 is 10.2 Å². The van der Waals surface area contributed by atoms with Crippen molar-refractivity contribution in [1.82, 2.24) is 14.7 Å². The van der Waals surface area contributed by atoms with E-state index in [4.69, 9.17) is 0 Å². The van der Waals surface area contributed by atoms with Crippen LogP contribution in [0.25, 0.3) is 0 Å². The van der Waals surface area contributed by atoms with E-state index in [-0.39, 0.29) is 6.03 Å². The molecule has 0 spiro atoms. The summed E-state index contributed by atoms with van der Waals surface area (Å²) in [7, 11) is 3.64. The van der Waals surface area contributed by atoms with Crippen LogP contribution in [0.15, 0.2) is 30.5 Å². The molecule has 2 amide bonds. The van der Waals surface area contributed by atoms with Crippen LogP contribution < -0.4 is 5.32 Å². The van der Waals surface area contributed by atoms with Gasteiger partial charge in [-0.05, 0) is 37.1 Å². The fourth-order valence-electron chi connectivity index (χ4n) is 1.95. The Morgan fingerprint density at radius 1 is 1.35 bits per heavy atom. The highest BCUT2D eigenvalue weighted by molar-refractivity contribution is 5.90. The number of nitrogens with zero attached hydrogens (tertiary/aromatic N) is 3. The van der Waals surface area contributed by atoms with Gasteiger partial charge >= 0.3 is 6.03 Å². The van der Waals surface area contributed by atoms with E-state index in [1.807, 2.05) is 45.2 Å². The number of nitrogens with one attached hydrogen (secondary N) is 1. The van der Waals surface area contributed by atoms with Crippen LogP contribution >= 0.6 is 0 Å². The van der Waals surface area contributed by atoms with E-state index < -0.39 is 0 Å². The number of carbonyl (C=O) groups excluding carboxylic acids is 1. The Labute approximate surface area is 119 Å². The van der Waals surface area contributed by atoms with Gasteiger partial charge in [0.05, 0.1) is 12.2 Å². The molecule has 5 nitrogen and oxygen atoms in total. The van der Waals surface area contributed by atoms with Gasteiger partial charge in [-0.3, -0.25) is 4.68 Å². The first-order valence-electron chi connectivity index (χ1n) is 6.53. The van der Waals surface area contributed by atoms with Gasteiger partial charge in [0, 0.05) is 26.0 Å². The number of hydrogen-bond donors (Lipinski definition) is 1. The maximum Gasteiger partial charge on any atom is 0.321 e. The highest BCUT2D eigenvalue weighted by Crippen LogP contribution is 2.17. The van der Waals surface area contributed by atoms with Gasteiger partial charge in [0.15, 0.2) is 0 Å². The third kappa shape index (κ3) is 3.17. The van der Waals surface area contributed by atoms with Crippen molar-refractivity contribution in [2.75, 3.05) is 12.4 Å². The highest BCUT2D eigenvalue weighted by Gasteiger charge is 2.12. The average Bonchev–Trinajstić information content (AvgIpc) is 2.79. The topological polar surface area (TPSA) is 50.2 Å². The molecule has 0 aliphatic heterocycles. The number of urea groups is 1. The van der Waals surface area contributed by atoms with Crippen molar-refractivity contribution in [3.8, 4) is 0 Å². The lowest BCUT2D eigenvalue weighted by atomic mass is 10.1. The molecule has 0 unspecified atom stereocenters. The second kappa shape index (κ2) is 5.77. The second-order valence-electron chi connectivity index (χ2n) is 5.05. The molecule has 0 aliphatic rings. The SMILES string of the molecule is Cc1ccc(C)c(NC(=O)N(C)Cc2ccnn2C)c1. The zero-order valence-corrected chi connectivity index (χ0v) is 12.3. The van der Waals surface area contributed by atoms with E-state index >= 15 is 0 Å². The summed E-state index contributed by atoms with van der Waals surface area (Å²) in [6.45, 7) is 4.51. The Bertz CT molecular complexity index is 618. The van der Waals surface area contributed by atoms with Crippen LogP contribution in [0.4, 0.5) is 10.5 Å². The number of carbonyl (C=O) groups is 1. The summed E-state index contributed by atoms with van der Waals surface area (Å²) in [4.78, 5) is 13.8. The normalized spacial score (nSPS) is 10.4. The Hall–Kier alpha value is -2.30. The summed E-state index contributed by atoms with van der Waals surface area (Å²) < 4.78 is 1.77. The molecule has 1 N–H and O–H groups in total. The molecule has 0 bridgehead atoms. The molecule has 20 heavy (non-hydrogen) atoms. The smallest absolute Gasteiger partial charge is 0.321 e. The molecule has 0 saturated heterocycles. The first-order chi connectivity index (χ1) is 9.47. The van der Waals surface area contributed by atoms with Crippen LogP contribution in [-0.2, 0) is 13.6 Å². The van der Waals surface area contributed by atoms with E-state index in [1.54, 1.807) is 22.8 Å². The monoisotopic (exact) mass is 272 g/mol. The third-order valence-electron chi connectivity index (χ3n) is 3.30. The van der Waals surface area contributed by atoms with E-state index in [0.29, 0.717) is 6.54 Å². The molecule has 1 heterocycles. The van der Waals surface area contributed by atoms with Crippen LogP contribution in [0.2, 0.25) is 0 Å². The van der Waals surface area contributed by atoms with Crippen molar-refractivity contribution in [3.05, 3.63) is 47.3 Å². The van der Waals surface area contributed by atoms with Crippen LogP contribution in [0, 0.1) is 13.8 Å². The second-order valence-corrected chi connectivity index (χ2v) is 5.05. The Balaban J connectivity index is 2.04. The lowest BCUT2D eigenvalue weighted by molar-refractivity contribution is 0.219. The molecule has 2 rings (SSSR count). The maximum absolute atomic E-state index is 12.2. The van der Waals surface area contributed by atoms with E-state index in [2.05, 4.69) is 10.4 Å². The molecule has 2 aromatic rings. The maximum atomic E-state index is 12.2. The molecular formula is C15H20N4O. The summed E-state index contributed by atoms with van der Waals surface area (Å²) >= 11 is 0. The van der Waals surface area contributed by atoms with Crippen LogP contribution in [0.5, 0.6) is 0 Å². The van der Waals surface area contributed by atoms with E-state index in [1.165, 1.54) is 0 Å². The lowest BCUT2D eigenvalue weighted by Crippen LogP contribution is -2.31. The van der Waals surface area contributed by atoms with Crippen molar-refractivity contribution in [3.63, 3.8) is 0 Å². The third-order valence-corrected chi connectivity index (χ3v) is 3.30. The highest BCUT2D eigenvalue weighted by atomic mass is 16.2. The molecular weight excluding hydrogens is 252 g/mol. The standard InChI is InChI=1S/C15H20N4O/c1-11-5-6-12(2)14(9-11)17-15(20)18(3)10-13-7-8-16-19(13)4/h5-9H,10H2,1-4H3,(H,17,20). The summed E-state index contributed by atoms with van der Waals surface area (Å²) in [5.41, 5.74) is 4.02. The molecule has 0 atom stereocenters. The zero-order valence-electron chi connectivity index (χ0n) is 12.3. The Morgan fingerprint density at radius 3 is 2.75 bits per heavy atom. The van der Waals surface area contributed by atoms with Crippen LogP contribution in [-0.4, -0.2) is 27.8 Å². The lowest BCUT2D eigenvalue weighted by Gasteiger charge is -2.19. The summed E-state index contributed by atoms with van der Waals surface area (Å²) in [5, 5.41) is 7.04. The molecule has 0 aliphatic carbocycles. The number of aryl methyl sites for hydroxylation is 3. The number of hydrogen-bond acceptors (Lipinski definition) is 2. The Kier molecular flexibility index (Phi) is 4.08. The van der Waals surface area contributed by atoms with E-state index in [9.17, 15) is 4.79 Å². The minimum absolute atomic E-state index is 0.125. The molecule has 1 aromatic heterocycles. The number of aromatic nitrogens is 2. The minimum atomic E-state index is -0.125. The number of anilines is 1. The van der Waals surface area contributed by atoms with Crippen molar-refractivity contribution in [2.24, 2.45) is 7.05 Å². The van der Waals surface area contributed by atoms with E-state index in [0.717, 1.165) is 22.5 Å². The average molecular weight is 272 g/mol.